The summed E-state index contributed by atoms with van der Waals surface area (Å²) in [6.07, 6.45) is -3.74. The molecular weight excluding hydrogens is 400 g/mol. The molecule has 5 rings (SSSR count). The summed E-state index contributed by atoms with van der Waals surface area (Å²) in [7, 11) is 0. The zero-order valence-electron chi connectivity index (χ0n) is 15.2. The first kappa shape index (κ1) is 18.3. The van der Waals surface area contributed by atoms with Gasteiger partial charge in [-0.1, -0.05) is 12.1 Å². The molecule has 0 saturated heterocycles. The van der Waals surface area contributed by atoms with Crippen molar-refractivity contribution in [2.24, 2.45) is 0 Å². The molecule has 152 valence electrons. The van der Waals surface area contributed by atoms with Gasteiger partial charge in [-0.2, -0.15) is 13.2 Å². The van der Waals surface area contributed by atoms with E-state index in [-0.39, 0.29) is 5.88 Å². The lowest BCUT2D eigenvalue weighted by Crippen LogP contribution is -2.12. The van der Waals surface area contributed by atoms with Crippen LogP contribution in [-0.4, -0.2) is 14.7 Å². The Labute approximate surface area is 167 Å². The minimum Gasteiger partial charge on any atom is -0.494 e. The summed E-state index contributed by atoms with van der Waals surface area (Å²) in [6.45, 7) is 0. The zero-order chi connectivity index (χ0) is 21.0. The van der Waals surface area contributed by atoms with E-state index < -0.39 is 23.7 Å². The smallest absolute Gasteiger partial charge is 0.416 e. The van der Waals surface area contributed by atoms with Crippen molar-refractivity contribution in [3.8, 4) is 11.6 Å². The maximum atomic E-state index is 13.6. The van der Waals surface area contributed by atoms with Crippen molar-refractivity contribution in [1.82, 2.24) is 9.55 Å². The van der Waals surface area contributed by atoms with Crippen LogP contribution in [0.5, 0.6) is 5.88 Å². The second-order valence-corrected chi connectivity index (χ2v) is 6.97. The van der Waals surface area contributed by atoms with Gasteiger partial charge in [-0.05, 0) is 35.9 Å². The van der Waals surface area contributed by atoms with Crippen LogP contribution in [0.4, 0.5) is 28.9 Å². The first-order valence-electron chi connectivity index (χ1n) is 9.00. The molecule has 0 amide bonds. The number of halogens is 4. The molecule has 1 aliphatic rings. The monoisotopic (exact) mass is 414 g/mol. The number of aromatic nitrogens is 2. The largest absolute Gasteiger partial charge is 0.494 e. The molecule has 9 heteroatoms. The third kappa shape index (κ3) is 2.99. The van der Waals surface area contributed by atoms with Crippen LogP contribution in [0.25, 0.3) is 16.7 Å². The van der Waals surface area contributed by atoms with Crippen molar-refractivity contribution >= 4 is 22.4 Å². The normalized spacial score (nSPS) is 15.7. The third-order valence-corrected chi connectivity index (χ3v) is 5.03. The van der Waals surface area contributed by atoms with E-state index in [1.54, 1.807) is 24.3 Å². The van der Waals surface area contributed by atoms with Gasteiger partial charge in [-0.25, -0.2) is 4.39 Å². The maximum Gasteiger partial charge on any atom is 0.416 e. The van der Waals surface area contributed by atoms with Gasteiger partial charge >= 0.3 is 6.18 Å². The van der Waals surface area contributed by atoms with Crippen molar-refractivity contribution in [3.05, 3.63) is 77.7 Å². The number of hydrogen-bond acceptors (Lipinski definition) is 4. The summed E-state index contributed by atoms with van der Waals surface area (Å²) < 4.78 is 53.8. The number of nitrogens with zero attached hydrogens (tertiary/aromatic N) is 2. The molecule has 1 atom stereocenters. The quantitative estimate of drug-likeness (QED) is 0.383. The Hall–Kier alpha value is -3.75. The van der Waals surface area contributed by atoms with Gasteiger partial charge in [0.25, 0.3) is 0 Å². The standard InChI is InChI=1S/C21H14F4N4O/c22-13-8-18-17(26-10-13)9-19(30)29(18)14-4-1-11(2-5-14)20-27-15-6-3-12(21(23,24)25)7-16(15)28-20/h1-10,20,27-28,30H. The Balaban J connectivity index is 1.44. The fourth-order valence-corrected chi connectivity index (χ4v) is 3.61. The number of hydrogen-bond donors (Lipinski definition) is 3. The highest BCUT2D eigenvalue weighted by atomic mass is 19.4. The predicted octanol–water partition coefficient (Wildman–Crippen LogP) is 5.43. The van der Waals surface area contributed by atoms with E-state index in [0.717, 1.165) is 23.9 Å². The zero-order valence-corrected chi connectivity index (χ0v) is 15.2. The number of aromatic hydroxyl groups is 1. The minimum atomic E-state index is -4.41. The molecule has 2 aromatic heterocycles. The summed E-state index contributed by atoms with van der Waals surface area (Å²) in [6, 6.07) is 13.2. The van der Waals surface area contributed by atoms with Crippen molar-refractivity contribution in [3.63, 3.8) is 0 Å². The molecule has 0 spiro atoms. The number of pyridine rings is 1. The van der Waals surface area contributed by atoms with Crippen LogP contribution in [0.2, 0.25) is 0 Å². The second-order valence-electron chi connectivity index (χ2n) is 6.97. The highest BCUT2D eigenvalue weighted by molar-refractivity contribution is 5.80. The van der Waals surface area contributed by atoms with Gasteiger partial charge in [0.15, 0.2) is 5.88 Å². The third-order valence-electron chi connectivity index (χ3n) is 5.03. The number of nitrogens with one attached hydrogen (secondary N) is 2. The molecular formula is C21H14F4N4O. The van der Waals surface area contributed by atoms with Gasteiger partial charge in [0.05, 0.1) is 34.2 Å². The van der Waals surface area contributed by atoms with Crippen LogP contribution in [0, 0.1) is 5.82 Å². The van der Waals surface area contributed by atoms with E-state index in [1.807, 2.05) is 0 Å². The molecule has 3 N–H and O–H groups in total. The number of alkyl halides is 3. The number of benzene rings is 2. The Morgan fingerprint density at radius 3 is 2.40 bits per heavy atom. The van der Waals surface area contributed by atoms with Gasteiger partial charge < -0.3 is 15.7 Å². The Morgan fingerprint density at radius 2 is 1.67 bits per heavy atom. The number of fused-ring (bicyclic) bond motifs is 2. The molecule has 2 aromatic carbocycles. The average molecular weight is 414 g/mol. The molecule has 0 fully saturated rings. The van der Waals surface area contributed by atoms with Crippen molar-refractivity contribution in [2.75, 3.05) is 10.6 Å². The Bertz CT molecular complexity index is 1260. The number of rotatable bonds is 2. The topological polar surface area (TPSA) is 62.1 Å². The van der Waals surface area contributed by atoms with Crippen LogP contribution < -0.4 is 10.6 Å². The fourth-order valence-electron chi connectivity index (χ4n) is 3.61. The summed E-state index contributed by atoms with van der Waals surface area (Å²) in [5, 5.41) is 16.4. The van der Waals surface area contributed by atoms with E-state index in [2.05, 4.69) is 15.6 Å². The SMILES string of the molecule is Oc1cc2ncc(F)cc2n1-c1ccc(C2Nc3ccc(C(F)(F)F)cc3N2)cc1. The summed E-state index contributed by atoms with van der Waals surface area (Å²) in [5.74, 6) is -0.603. The fraction of sp³-hybridized carbons (Fsp3) is 0.0952. The molecule has 0 saturated carbocycles. The molecule has 0 radical (unpaired) electrons. The highest BCUT2D eigenvalue weighted by Gasteiger charge is 2.32. The van der Waals surface area contributed by atoms with Crippen LogP contribution in [-0.2, 0) is 6.18 Å². The van der Waals surface area contributed by atoms with E-state index in [1.165, 1.54) is 22.8 Å². The molecule has 1 aliphatic heterocycles. The predicted molar refractivity (Wildman–Crippen MR) is 104 cm³/mol. The van der Waals surface area contributed by atoms with Gasteiger partial charge in [-0.3, -0.25) is 9.55 Å². The molecule has 0 bridgehead atoms. The molecule has 1 unspecified atom stereocenters. The van der Waals surface area contributed by atoms with Gasteiger partial charge in [0, 0.05) is 17.8 Å². The van der Waals surface area contributed by atoms with Crippen molar-refractivity contribution in [1.29, 1.82) is 0 Å². The van der Waals surface area contributed by atoms with E-state index >= 15 is 0 Å². The van der Waals surface area contributed by atoms with Crippen LogP contribution in [0.1, 0.15) is 17.3 Å². The lowest BCUT2D eigenvalue weighted by atomic mass is 10.1. The second kappa shape index (κ2) is 6.38. The van der Waals surface area contributed by atoms with Crippen LogP contribution in [0.3, 0.4) is 0 Å². The Morgan fingerprint density at radius 1 is 0.933 bits per heavy atom. The number of anilines is 2. The minimum absolute atomic E-state index is 0.0833. The lowest BCUT2D eigenvalue weighted by molar-refractivity contribution is -0.137. The molecule has 30 heavy (non-hydrogen) atoms. The van der Waals surface area contributed by atoms with Gasteiger partial charge in [0.1, 0.15) is 12.0 Å². The van der Waals surface area contributed by atoms with E-state index in [9.17, 15) is 22.7 Å². The summed E-state index contributed by atoms with van der Waals surface area (Å²) >= 11 is 0. The van der Waals surface area contributed by atoms with Crippen molar-refractivity contribution < 1.29 is 22.7 Å². The summed E-state index contributed by atoms with van der Waals surface area (Å²) in [5.41, 5.74) is 2.47. The first-order chi connectivity index (χ1) is 14.3. The van der Waals surface area contributed by atoms with Crippen LogP contribution >= 0.6 is 0 Å². The highest BCUT2D eigenvalue weighted by Crippen LogP contribution is 2.40. The van der Waals surface area contributed by atoms with Crippen LogP contribution in [0.15, 0.2) is 60.8 Å². The summed E-state index contributed by atoms with van der Waals surface area (Å²) in [4.78, 5) is 3.96. The average Bonchev–Trinajstić information content (AvgIpc) is 3.27. The lowest BCUT2D eigenvalue weighted by Gasteiger charge is -2.14. The van der Waals surface area contributed by atoms with E-state index in [4.69, 9.17) is 0 Å². The van der Waals surface area contributed by atoms with Gasteiger partial charge in [-0.15, -0.1) is 0 Å². The Kier molecular flexibility index (Phi) is 3.89. The molecule has 3 heterocycles. The van der Waals surface area contributed by atoms with E-state index in [0.29, 0.717) is 28.1 Å². The maximum absolute atomic E-state index is 13.6. The molecule has 0 aliphatic carbocycles. The van der Waals surface area contributed by atoms with Crippen molar-refractivity contribution in [2.45, 2.75) is 12.3 Å². The molecule has 4 aromatic rings. The van der Waals surface area contributed by atoms with Gasteiger partial charge in [0.2, 0.25) is 0 Å². The molecule has 5 nitrogen and oxygen atoms in total. The first-order valence-corrected chi connectivity index (χ1v) is 9.00.